The van der Waals surface area contributed by atoms with Gasteiger partial charge >= 0.3 is 6.09 Å². The van der Waals surface area contributed by atoms with E-state index in [0.29, 0.717) is 17.4 Å². The van der Waals surface area contributed by atoms with Crippen LogP contribution in [0.5, 0.6) is 0 Å². The Morgan fingerprint density at radius 3 is 2.48 bits per heavy atom. The Labute approximate surface area is 143 Å². The van der Waals surface area contributed by atoms with Crippen molar-refractivity contribution in [3.8, 4) is 0 Å². The lowest BCUT2D eigenvalue weighted by atomic mass is 9.86. The van der Waals surface area contributed by atoms with Gasteiger partial charge in [-0.1, -0.05) is 51.4 Å². The molecule has 1 atom stereocenters. The minimum atomic E-state index is -0.569. The van der Waals surface area contributed by atoms with Crippen LogP contribution in [0, 0.1) is 5.92 Å². The van der Waals surface area contributed by atoms with Crippen molar-refractivity contribution in [3.63, 3.8) is 0 Å². The van der Waals surface area contributed by atoms with Gasteiger partial charge in [0.05, 0.1) is 6.04 Å². The zero-order chi connectivity index (χ0) is 17.6. The lowest BCUT2D eigenvalue weighted by molar-refractivity contribution is -0.119. The van der Waals surface area contributed by atoms with Crippen LogP contribution in [-0.4, -0.2) is 24.5 Å². The van der Waals surface area contributed by atoms with E-state index in [1.807, 2.05) is 45.9 Å². The summed E-state index contributed by atoms with van der Waals surface area (Å²) < 4.78 is 5.32. The molecule has 0 aliphatic carbocycles. The topological polar surface area (TPSA) is 55.4 Å². The average molecular weight is 340 g/mol. The number of hydrogen-bond acceptors (Lipinski definition) is 3. The van der Waals surface area contributed by atoms with Crippen molar-refractivity contribution in [2.75, 3.05) is 6.61 Å². The standard InChI is InChI=1S/C18H26ClNO3/c1-12(2)9-16(13(3)21)20-17(22)23-11-18(4,5)14-7-6-8-15(19)10-14/h6-8,10,12,16H,9,11H2,1-5H3,(H,20,22)/t16-/m0/s1. The van der Waals surface area contributed by atoms with E-state index in [4.69, 9.17) is 16.3 Å². The van der Waals surface area contributed by atoms with Crippen molar-refractivity contribution in [2.24, 2.45) is 5.92 Å². The third-order valence-corrected chi connectivity index (χ3v) is 3.90. The maximum Gasteiger partial charge on any atom is 0.407 e. The van der Waals surface area contributed by atoms with Crippen molar-refractivity contribution >= 4 is 23.5 Å². The van der Waals surface area contributed by atoms with Crippen LogP contribution < -0.4 is 5.32 Å². The van der Waals surface area contributed by atoms with Crippen LogP contribution in [0.4, 0.5) is 4.79 Å². The maximum atomic E-state index is 12.0. The van der Waals surface area contributed by atoms with Gasteiger partial charge in [-0.05, 0) is 37.0 Å². The number of ketones is 1. The average Bonchev–Trinajstić information content (AvgIpc) is 2.44. The van der Waals surface area contributed by atoms with Gasteiger partial charge in [0.25, 0.3) is 0 Å². The van der Waals surface area contributed by atoms with Crippen molar-refractivity contribution in [1.82, 2.24) is 5.32 Å². The van der Waals surface area contributed by atoms with Gasteiger partial charge in [-0.25, -0.2) is 4.79 Å². The first-order valence-corrected chi connectivity index (χ1v) is 8.19. The molecule has 4 nitrogen and oxygen atoms in total. The highest BCUT2D eigenvalue weighted by Gasteiger charge is 2.25. The summed E-state index contributed by atoms with van der Waals surface area (Å²) in [5.74, 6) is 0.247. The van der Waals surface area contributed by atoms with Gasteiger partial charge < -0.3 is 10.1 Å². The van der Waals surface area contributed by atoms with E-state index >= 15 is 0 Å². The number of carbonyl (C=O) groups excluding carboxylic acids is 2. The van der Waals surface area contributed by atoms with E-state index in [1.165, 1.54) is 6.92 Å². The van der Waals surface area contributed by atoms with E-state index in [-0.39, 0.29) is 17.8 Å². The molecule has 0 fully saturated rings. The molecule has 1 aromatic rings. The van der Waals surface area contributed by atoms with E-state index < -0.39 is 12.1 Å². The van der Waals surface area contributed by atoms with Crippen LogP contribution in [0.3, 0.4) is 0 Å². The first-order valence-electron chi connectivity index (χ1n) is 7.81. The van der Waals surface area contributed by atoms with E-state index in [2.05, 4.69) is 5.32 Å². The number of Topliss-reactive ketones (excluding diaryl/α,β-unsaturated/α-hetero) is 1. The van der Waals surface area contributed by atoms with Gasteiger partial charge in [-0.2, -0.15) is 0 Å². The monoisotopic (exact) mass is 339 g/mol. The molecule has 0 bridgehead atoms. The summed E-state index contributed by atoms with van der Waals surface area (Å²) in [6.07, 6.45) is 0.0308. The van der Waals surface area contributed by atoms with E-state index in [1.54, 1.807) is 6.07 Å². The number of ether oxygens (including phenoxy) is 1. The van der Waals surface area contributed by atoms with Gasteiger partial charge in [0.2, 0.25) is 0 Å². The van der Waals surface area contributed by atoms with Crippen LogP contribution in [0.2, 0.25) is 5.02 Å². The first kappa shape index (κ1) is 19.5. The summed E-state index contributed by atoms with van der Waals surface area (Å²) in [5.41, 5.74) is 0.620. The fourth-order valence-corrected chi connectivity index (χ4v) is 2.41. The third-order valence-electron chi connectivity index (χ3n) is 3.66. The molecule has 0 spiro atoms. The van der Waals surface area contributed by atoms with Crippen LogP contribution in [-0.2, 0) is 14.9 Å². The van der Waals surface area contributed by atoms with E-state index in [9.17, 15) is 9.59 Å². The minimum absolute atomic E-state index is 0.0650. The normalized spacial score (nSPS) is 12.8. The molecule has 0 saturated carbocycles. The van der Waals surface area contributed by atoms with Crippen molar-refractivity contribution in [1.29, 1.82) is 0 Å². The molecule has 0 unspecified atom stereocenters. The molecule has 5 heteroatoms. The lowest BCUT2D eigenvalue weighted by Gasteiger charge is -2.26. The highest BCUT2D eigenvalue weighted by atomic mass is 35.5. The smallest absolute Gasteiger partial charge is 0.407 e. The molecule has 128 valence electrons. The van der Waals surface area contributed by atoms with Crippen molar-refractivity contribution < 1.29 is 14.3 Å². The fourth-order valence-electron chi connectivity index (χ4n) is 2.22. The van der Waals surface area contributed by atoms with Gasteiger partial charge in [0, 0.05) is 10.4 Å². The van der Waals surface area contributed by atoms with Gasteiger partial charge in [-0.3, -0.25) is 4.79 Å². The molecule has 0 aliphatic rings. The quantitative estimate of drug-likeness (QED) is 0.803. The Bertz CT molecular complexity index is 555. The number of nitrogens with one attached hydrogen (secondary N) is 1. The summed E-state index contributed by atoms with van der Waals surface area (Å²) in [6.45, 7) is 9.64. The Kier molecular flexibility index (Phi) is 7.07. The molecule has 1 aromatic carbocycles. The van der Waals surface area contributed by atoms with Crippen molar-refractivity contribution in [3.05, 3.63) is 34.9 Å². The highest BCUT2D eigenvalue weighted by molar-refractivity contribution is 6.30. The van der Waals surface area contributed by atoms with Gasteiger partial charge in [0.15, 0.2) is 5.78 Å². The molecule has 0 saturated heterocycles. The predicted molar refractivity (Wildman–Crippen MR) is 92.9 cm³/mol. The third kappa shape index (κ3) is 6.61. The summed E-state index contributed by atoms with van der Waals surface area (Å²) >= 11 is 6.01. The second-order valence-corrected chi connectivity index (χ2v) is 7.34. The van der Waals surface area contributed by atoms with Gasteiger partial charge in [0.1, 0.15) is 6.61 Å². The molecule has 0 radical (unpaired) electrons. The zero-order valence-corrected chi connectivity index (χ0v) is 15.2. The number of benzene rings is 1. The molecular formula is C18H26ClNO3. The Morgan fingerprint density at radius 2 is 1.96 bits per heavy atom. The largest absolute Gasteiger partial charge is 0.449 e. The number of rotatable bonds is 7. The lowest BCUT2D eigenvalue weighted by Crippen LogP contribution is -2.42. The molecular weight excluding hydrogens is 314 g/mol. The van der Waals surface area contributed by atoms with Crippen LogP contribution in [0.25, 0.3) is 0 Å². The number of amides is 1. The Hall–Kier alpha value is -1.55. The van der Waals surface area contributed by atoms with E-state index in [0.717, 1.165) is 5.56 Å². The number of hydrogen-bond donors (Lipinski definition) is 1. The number of halogens is 1. The molecule has 0 aliphatic heterocycles. The summed E-state index contributed by atoms with van der Waals surface area (Å²) in [4.78, 5) is 23.6. The zero-order valence-electron chi connectivity index (χ0n) is 14.5. The maximum absolute atomic E-state index is 12.0. The second kappa shape index (κ2) is 8.34. The van der Waals surface area contributed by atoms with Crippen LogP contribution in [0.15, 0.2) is 24.3 Å². The van der Waals surface area contributed by atoms with Crippen molar-refractivity contribution in [2.45, 2.75) is 52.5 Å². The first-order chi connectivity index (χ1) is 10.6. The summed E-state index contributed by atoms with van der Waals surface area (Å²) in [5, 5.41) is 3.29. The van der Waals surface area contributed by atoms with Crippen LogP contribution in [0.1, 0.15) is 46.6 Å². The molecule has 23 heavy (non-hydrogen) atoms. The second-order valence-electron chi connectivity index (χ2n) is 6.91. The minimum Gasteiger partial charge on any atom is -0.449 e. The molecule has 1 N–H and O–H groups in total. The highest BCUT2D eigenvalue weighted by Crippen LogP contribution is 2.25. The number of alkyl carbamates (subject to hydrolysis) is 1. The summed E-state index contributed by atoms with van der Waals surface area (Å²) in [6, 6.07) is 6.98. The number of carbonyl (C=O) groups is 2. The molecule has 1 amide bonds. The fraction of sp³-hybridized carbons (Fsp3) is 0.556. The molecule has 1 rings (SSSR count). The SMILES string of the molecule is CC(=O)[C@H](CC(C)C)NC(=O)OCC(C)(C)c1cccc(Cl)c1. The molecule has 0 heterocycles. The van der Waals surface area contributed by atoms with Crippen LogP contribution >= 0.6 is 11.6 Å². The van der Waals surface area contributed by atoms with Gasteiger partial charge in [-0.15, -0.1) is 0 Å². The summed E-state index contributed by atoms with van der Waals surface area (Å²) in [7, 11) is 0. The molecule has 0 aromatic heterocycles. The Balaban J connectivity index is 2.62. The Morgan fingerprint density at radius 1 is 1.30 bits per heavy atom. The predicted octanol–water partition coefficient (Wildman–Crippen LogP) is 4.35.